The molecular formula is C53H33Al2N3O4. The Labute approximate surface area is 367 Å². The molecule has 0 radical (unpaired) electrons. The number of nitrogens with zero attached hydrogens (tertiary/aromatic N) is 3. The van der Waals surface area contributed by atoms with Crippen molar-refractivity contribution >= 4 is 89.1 Å². The third-order valence-electron chi connectivity index (χ3n) is 12.2. The van der Waals surface area contributed by atoms with E-state index >= 15 is 0 Å². The van der Waals surface area contributed by atoms with Crippen LogP contribution in [0.4, 0.5) is 34.1 Å². The lowest BCUT2D eigenvalue weighted by Crippen LogP contribution is -2.61. The number of para-hydroxylation sites is 6. The van der Waals surface area contributed by atoms with Gasteiger partial charge in [0.25, 0.3) is 0 Å². The highest BCUT2D eigenvalue weighted by Gasteiger charge is 2.48. The van der Waals surface area contributed by atoms with Gasteiger partial charge in [-0.2, -0.15) is 0 Å². The third-order valence-corrected chi connectivity index (χ3v) is 18.7. The molecule has 290 valence electrons. The van der Waals surface area contributed by atoms with E-state index in [2.05, 4.69) is 174 Å². The zero-order chi connectivity index (χ0) is 40.7. The van der Waals surface area contributed by atoms with E-state index in [-0.39, 0.29) is 0 Å². The van der Waals surface area contributed by atoms with Crippen molar-refractivity contribution in [3.63, 3.8) is 0 Å². The molecule has 13 rings (SSSR count). The Hall–Kier alpha value is -7.23. The molecule has 62 heavy (non-hydrogen) atoms. The fourth-order valence-electron chi connectivity index (χ4n) is 9.63. The first-order valence-corrected chi connectivity index (χ1v) is 24.3. The molecule has 0 saturated heterocycles. The number of ether oxygens (including phenoxy) is 4. The Bertz CT molecular complexity index is 2930. The first-order chi connectivity index (χ1) is 30.7. The zero-order valence-corrected chi connectivity index (χ0v) is 35.5. The van der Waals surface area contributed by atoms with Gasteiger partial charge in [0.2, 0.25) is 5.88 Å². The molecule has 8 aromatic carbocycles. The number of hydrogen-bond donors (Lipinski definition) is 0. The lowest BCUT2D eigenvalue weighted by atomic mass is 10.1. The molecule has 0 aliphatic carbocycles. The summed E-state index contributed by atoms with van der Waals surface area (Å²) in [6, 6.07) is 69.5. The average molecular weight is 830 g/mol. The largest absolute Gasteiger partial charge is 0.460 e. The first kappa shape index (κ1) is 35.5. The molecule has 0 spiro atoms. The molecule has 9 aromatic rings. The normalized spacial score (nSPS) is 13.0. The van der Waals surface area contributed by atoms with Gasteiger partial charge in [-0.1, -0.05) is 118 Å². The quantitative estimate of drug-likeness (QED) is 0.155. The van der Waals surface area contributed by atoms with Crippen molar-refractivity contribution in [1.29, 1.82) is 0 Å². The first-order valence-electron chi connectivity index (χ1n) is 20.8. The molecular weight excluding hydrogens is 797 g/mol. The summed E-state index contributed by atoms with van der Waals surface area (Å²) in [5.41, 5.74) is 6.04. The van der Waals surface area contributed by atoms with Gasteiger partial charge in [-0.05, 0) is 80.0 Å². The van der Waals surface area contributed by atoms with Crippen LogP contribution in [-0.2, 0) is 0 Å². The van der Waals surface area contributed by atoms with Crippen molar-refractivity contribution in [1.82, 2.24) is 4.98 Å². The minimum absolute atomic E-state index is 0.639. The predicted molar refractivity (Wildman–Crippen MR) is 249 cm³/mol. The smallest absolute Gasteiger partial charge is 0.435 e. The highest BCUT2D eigenvalue weighted by molar-refractivity contribution is 6.99. The third kappa shape index (κ3) is 5.61. The minimum atomic E-state index is -2.26. The van der Waals surface area contributed by atoms with Gasteiger partial charge in [-0.25, -0.2) is 4.98 Å². The zero-order valence-electron chi connectivity index (χ0n) is 33.2. The topological polar surface area (TPSA) is 56.3 Å². The molecule has 0 N–H and O–H groups in total. The van der Waals surface area contributed by atoms with E-state index in [9.17, 15) is 0 Å². The maximum atomic E-state index is 7.13. The highest BCUT2D eigenvalue weighted by atomic mass is 27.2. The van der Waals surface area contributed by atoms with Gasteiger partial charge in [-0.3, -0.25) is 0 Å². The van der Waals surface area contributed by atoms with Crippen LogP contribution >= 0.6 is 0 Å². The van der Waals surface area contributed by atoms with E-state index in [0.29, 0.717) is 5.88 Å². The number of hydrogen-bond acceptors (Lipinski definition) is 7. The van der Waals surface area contributed by atoms with Crippen molar-refractivity contribution in [3.8, 4) is 46.1 Å². The summed E-state index contributed by atoms with van der Waals surface area (Å²) >= 11 is -4.48. The summed E-state index contributed by atoms with van der Waals surface area (Å²) in [6.07, 6.45) is 0. The minimum Gasteiger partial charge on any atom is -0.460 e. The standard InChI is InChI=1S/C53H33N3O4.2Al/c1-7-19-40(20-8-1)55(41-21-9-2-10-22-41)44-33-49(57-46-27-15-5-16-28-46)37-51(35-44)59-48-31-32-53(54-39-48)60-52-36-45(34-50(38-52)58-47-29-17-6-18-30-47)56(42-23-11-3-12-24-42)43-25-13-4-14-26-43;;/h1-27,29,31,33-36H;;. The van der Waals surface area contributed by atoms with Crippen LogP contribution in [0.25, 0.3) is 0 Å². The molecule has 9 heteroatoms. The lowest BCUT2D eigenvalue weighted by molar-refractivity contribution is 0.446. The summed E-state index contributed by atoms with van der Waals surface area (Å²) in [5, 5.41) is 0. The molecule has 0 unspecified atom stereocenters. The predicted octanol–water partition coefficient (Wildman–Crippen LogP) is 9.48. The number of fused-ring (bicyclic) bond motifs is 8. The summed E-state index contributed by atoms with van der Waals surface area (Å²) in [6.45, 7) is 0. The van der Waals surface area contributed by atoms with Crippen LogP contribution in [0.3, 0.4) is 0 Å². The van der Waals surface area contributed by atoms with Gasteiger partial charge >= 0.3 is 28.3 Å². The number of benzene rings is 8. The number of anilines is 6. The Morgan fingerprint density at radius 3 is 1.15 bits per heavy atom. The maximum Gasteiger partial charge on any atom is 0.435 e. The van der Waals surface area contributed by atoms with Crippen molar-refractivity contribution in [2.24, 2.45) is 0 Å². The van der Waals surface area contributed by atoms with Crippen molar-refractivity contribution in [3.05, 3.63) is 200 Å². The second kappa shape index (κ2) is 14.2. The molecule has 5 heterocycles. The van der Waals surface area contributed by atoms with E-state index < -0.39 is 28.3 Å². The Morgan fingerprint density at radius 2 is 0.677 bits per heavy atom. The number of rotatable bonds is 6. The van der Waals surface area contributed by atoms with E-state index in [1.807, 2.05) is 36.4 Å². The summed E-state index contributed by atoms with van der Waals surface area (Å²) in [5.74, 6) is 6.32. The van der Waals surface area contributed by atoms with Crippen LogP contribution in [-0.4, -0.2) is 33.3 Å². The van der Waals surface area contributed by atoms with Crippen molar-refractivity contribution < 1.29 is 18.9 Å². The molecule has 0 atom stereocenters. The molecule has 0 amide bonds. The van der Waals surface area contributed by atoms with Crippen LogP contribution < -0.4 is 55.4 Å². The van der Waals surface area contributed by atoms with Crippen LogP contribution in [0.1, 0.15) is 0 Å². The van der Waals surface area contributed by atoms with Gasteiger partial charge < -0.3 is 28.7 Å². The van der Waals surface area contributed by atoms with Gasteiger partial charge in [-0.15, -0.1) is 0 Å². The Morgan fingerprint density at radius 1 is 0.306 bits per heavy atom. The van der Waals surface area contributed by atoms with E-state index in [4.69, 9.17) is 23.9 Å². The van der Waals surface area contributed by atoms with Gasteiger partial charge in [0, 0.05) is 51.6 Å². The molecule has 0 fully saturated rings. The second-order valence-corrected chi connectivity index (χ2v) is 21.1. The molecule has 0 bridgehead atoms. The van der Waals surface area contributed by atoms with Crippen molar-refractivity contribution in [2.75, 3.05) is 9.80 Å². The number of aromatic nitrogens is 1. The van der Waals surface area contributed by atoms with Crippen LogP contribution in [0.5, 0.6) is 46.1 Å². The fourth-order valence-corrected chi connectivity index (χ4v) is 16.0. The molecule has 7 nitrogen and oxygen atoms in total. The Balaban J connectivity index is 0.997. The number of pyridine rings is 1. The second-order valence-electron chi connectivity index (χ2n) is 15.8. The Kier molecular flexibility index (Phi) is 8.12. The van der Waals surface area contributed by atoms with Crippen LogP contribution in [0, 0.1) is 0 Å². The summed E-state index contributed by atoms with van der Waals surface area (Å²) < 4.78 is 34.4. The maximum absolute atomic E-state index is 7.13. The molecule has 4 aliphatic heterocycles. The molecule has 1 aromatic heterocycles. The summed E-state index contributed by atoms with van der Waals surface area (Å²) in [4.78, 5) is 10.1. The molecule has 0 saturated carbocycles. The van der Waals surface area contributed by atoms with E-state index in [0.717, 1.165) is 92.2 Å². The SMILES string of the molecule is c1ccc(N(c2ccccc2)c2cc3[c]4c(c2)Oc2n[c]5c(c[c]2[Al]4[c]2ccccc2O3)Oc2cc(N(c3ccccc3)c3ccccc3)cc3[c]2[Al]5[c]2ccccc2O3)cc1. The summed E-state index contributed by atoms with van der Waals surface area (Å²) in [7, 11) is 0. The molecule has 4 aliphatic rings. The van der Waals surface area contributed by atoms with Crippen molar-refractivity contribution in [2.45, 2.75) is 0 Å². The van der Waals surface area contributed by atoms with E-state index in [1.165, 1.54) is 8.85 Å². The van der Waals surface area contributed by atoms with Gasteiger partial charge in [0.15, 0.2) is 0 Å². The average Bonchev–Trinajstić information content (AvgIpc) is 3.32. The van der Waals surface area contributed by atoms with Crippen LogP contribution in [0.15, 0.2) is 200 Å². The van der Waals surface area contributed by atoms with Gasteiger partial charge in [0.1, 0.15) is 40.2 Å². The fraction of sp³-hybridized carbons (Fsp3) is 0. The van der Waals surface area contributed by atoms with Gasteiger partial charge in [0.05, 0.1) is 11.4 Å². The lowest BCUT2D eigenvalue weighted by Gasteiger charge is -2.36. The van der Waals surface area contributed by atoms with Crippen LogP contribution in [0.2, 0.25) is 0 Å². The monoisotopic (exact) mass is 829 g/mol. The van der Waals surface area contributed by atoms with E-state index in [1.54, 1.807) is 0 Å². The highest BCUT2D eigenvalue weighted by Crippen LogP contribution is 2.45.